The minimum absolute atomic E-state index is 0.280. The van der Waals surface area contributed by atoms with Crippen LogP contribution in [0.2, 0.25) is 0 Å². The molecule has 0 bridgehead atoms. The summed E-state index contributed by atoms with van der Waals surface area (Å²) in [4.78, 5) is 4.57. The number of benzene rings is 1. The summed E-state index contributed by atoms with van der Waals surface area (Å²) in [6, 6.07) is 3.40. The van der Waals surface area contributed by atoms with Gasteiger partial charge in [-0.25, -0.2) is 0 Å². The Morgan fingerprint density at radius 3 is 2.82 bits per heavy atom. The number of thioether (sulfide) groups is 1. The predicted molar refractivity (Wildman–Crippen MR) is 58.8 cm³/mol. The highest BCUT2D eigenvalue weighted by Crippen LogP contribution is 2.39. The first-order valence-electron chi connectivity index (χ1n) is 4.81. The summed E-state index contributed by atoms with van der Waals surface area (Å²) < 4.78 is 37.5. The number of hydrogen-bond acceptors (Lipinski definition) is 4. The first-order chi connectivity index (χ1) is 8.00. The van der Waals surface area contributed by atoms with Crippen molar-refractivity contribution in [1.82, 2.24) is 5.48 Å². The molecular formula is C10H9F3N2OS. The molecule has 92 valence electrons. The van der Waals surface area contributed by atoms with Gasteiger partial charge in [-0.2, -0.15) is 18.7 Å². The monoisotopic (exact) mass is 262 g/mol. The first kappa shape index (κ1) is 12.4. The molecule has 0 spiro atoms. The standard InChI is InChI=1S/C10H9F3N2OS/c11-10(12,13)6-1-2-8-7(5-6)14-4-3-9(15-16)17-8/h1-2,4-5,9,15-16H,3H2. The Kier molecular flexibility index (Phi) is 3.41. The van der Waals surface area contributed by atoms with Gasteiger partial charge in [0.15, 0.2) is 0 Å². The highest BCUT2D eigenvalue weighted by Gasteiger charge is 2.31. The van der Waals surface area contributed by atoms with Crippen molar-refractivity contribution < 1.29 is 18.4 Å². The summed E-state index contributed by atoms with van der Waals surface area (Å²) in [6.07, 6.45) is -2.43. The van der Waals surface area contributed by atoms with Crippen molar-refractivity contribution in [3.8, 4) is 0 Å². The number of nitrogens with one attached hydrogen (secondary N) is 1. The number of nitrogens with zero attached hydrogens (tertiary/aromatic N) is 1. The Morgan fingerprint density at radius 1 is 1.41 bits per heavy atom. The van der Waals surface area contributed by atoms with Gasteiger partial charge < -0.3 is 5.21 Å². The Hall–Kier alpha value is -1.05. The van der Waals surface area contributed by atoms with Crippen LogP contribution in [-0.4, -0.2) is 16.8 Å². The van der Waals surface area contributed by atoms with E-state index in [0.29, 0.717) is 11.3 Å². The van der Waals surface area contributed by atoms with E-state index in [0.717, 1.165) is 12.1 Å². The fraction of sp³-hybridized carbons (Fsp3) is 0.300. The third-order valence-corrected chi connectivity index (χ3v) is 3.43. The zero-order valence-corrected chi connectivity index (χ0v) is 9.35. The number of halogens is 3. The van der Waals surface area contributed by atoms with Gasteiger partial charge in [-0.05, 0) is 18.2 Å². The van der Waals surface area contributed by atoms with E-state index < -0.39 is 11.7 Å². The van der Waals surface area contributed by atoms with Gasteiger partial charge in [0, 0.05) is 17.5 Å². The van der Waals surface area contributed by atoms with Gasteiger partial charge in [-0.1, -0.05) is 0 Å². The lowest BCUT2D eigenvalue weighted by Crippen LogP contribution is -2.21. The summed E-state index contributed by atoms with van der Waals surface area (Å²) in [6.45, 7) is 0. The highest BCUT2D eigenvalue weighted by molar-refractivity contribution is 8.00. The van der Waals surface area contributed by atoms with Crippen LogP contribution >= 0.6 is 11.8 Å². The van der Waals surface area contributed by atoms with E-state index >= 15 is 0 Å². The molecule has 1 aromatic rings. The molecule has 3 nitrogen and oxygen atoms in total. The molecule has 1 unspecified atom stereocenters. The maximum Gasteiger partial charge on any atom is 0.416 e. The van der Waals surface area contributed by atoms with Crippen LogP contribution in [0.4, 0.5) is 18.9 Å². The summed E-state index contributed by atoms with van der Waals surface area (Å²) in [5.41, 5.74) is 1.64. The Bertz CT molecular complexity index is 448. The van der Waals surface area contributed by atoms with E-state index in [1.165, 1.54) is 24.0 Å². The van der Waals surface area contributed by atoms with E-state index in [1.54, 1.807) is 0 Å². The Balaban J connectivity index is 2.37. The topological polar surface area (TPSA) is 44.6 Å². The fourth-order valence-electron chi connectivity index (χ4n) is 1.42. The van der Waals surface area contributed by atoms with Gasteiger partial charge in [-0.3, -0.25) is 4.99 Å². The molecule has 0 aliphatic carbocycles. The number of hydrogen-bond donors (Lipinski definition) is 2. The average molecular weight is 262 g/mol. The molecule has 1 aliphatic heterocycles. The molecule has 0 aromatic heterocycles. The van der Waals surface area contributed by atoms with Gasteiger partial charge in [0.1, 0.15) is 0 Å². The molecule has 1 heterocycles. The Morgan fingerprint density at radius 2 is 2.18 bits per heavy atom. The van der Waals surface area contributed by atoms with Crippen LogP contribution in [0.1, 0.15) is 12.0 Å². The van der Waals surface area contributed by atoms with Crippen molar-refractivity contribution in [2.45, 2.75) is 22.9 Å². The molecule has 2 N–H and O–H groups in total. The third-order valence-electron chi connectivity index (χ3n) is 2.25. The second-order valence-corrected chi connectivity index (χ2v) is 4.71. The van der Waals surface area contributed by atoms with Crippen molar-refractivity contribution in [2.24, 2.45) is 4.99 Å². The molecule has 1 aromatic carbocycles. The molecular weight excluding hydrogens is 253 g/mol. The van der Waals surface area contributed by atoms with E-state index in [9.17, 15) is 13.2 Å². The highest BCUT2D eigenvalue weighted by atomic mass is 32.2. The molecule has 17 heavy (non-hydrogen) atoms. The van der Waals surface area contributed by atoms with Crippen LogP contribution in [0, 0.1) is 0 Å². The molecule has 0 amide bonds. The molecule has 0 saturated heterocycles. The summed E-state index contributed by atoms with van der Waals surface area (Å²) in [5, 5.41) is 8.52. The van der Waals surface area contributed by atoms with Gasteiger partial charge in [0.05, 0.1) is 16.6 Å². The van der Waals surface area contributed by atoms with E-state index in [2.05, 4.69) is 10.5 Å². The van der Waals surface area contributed by atoms with Crippen molar-refractivity contribution in [1.29, 1.82) is 0 Å². The van der Waals surface area contributed by atoms with Gasteiger partial charge in [0.25, 0.3) is 0 Å². The number of aliphatic imine (C=N–C) groups is 1. The number of fused-ring (bicyclic) bond motifs is 1. The van der Waals surface area contributed by atoms with Gasteiger partial charge in [-0.15, -0.1) is 11.8 Å². The van der Waals surface area contributed by atoms with Crippen molar-refractivity contribution in [2.75, 3.05) is 0 Å². The lowest BCUT2D eigenvalue weighted by atomic mass is 10.2. The molecule has 7 heteroatoms. The van der Waals surface area contributed by atoms with Gasteiger partial charge in [0.2, 0.25) is 0 Å². The second-order valence-electron chi connectivity index (χ2n) is 3.46. The minimum Gasteiger partial charge on any atom is -0.316 e. The van der Waals surface area contributed by atoms with Crippen LogP contribution < -0.4 is 5.48 Å². The van der Waals surface area contributed by atoms with Crippen molar-refractivity contribution >= 4 is 23.7 Å². The van der Waals surface area contributed by atoms with Crippen molar-refractivity contribution in [3.63, 3.8) is 0 Å². The summed E-state index contributed by atoms with van der Waals surface area (Å²) in [7, 11) is 0. The lowest BCUT2D eigenvalue weighted by Gasteiger charge is -2.12. The third kappa shape index (κ3) is 2.80. The quantitative estimate of drug-likeness (QED) is 0.764. The number of alkyl halides is 3. The average Bonchev–Trinajstić information content (AvgIpc) is 2.48. The normalized spacial score (nSPS) is 19.9. The zero-order chi connectivity index (χ0) is 12.5. The molecule has 1 aliphatic rings. The zero-order valence-electron chi connectivity index (χ0n) is 8.53. The lowest BCUT2D eigenvalue weighted by molar-refractivity contribution is -0.137. The molecule has 2 rings (SSSR count). The predicted octanol–water partition coefficient (Wildman–Crippen LogP) is 3.21. The maximum atomic E-state index is 12.5. The summed E-state index contributed by atoms with van der Waals surface area (Å²) >= 11 is 1.24. The van der Waals surface area contributed by atoms with Crippen LogP contribution in [0.25, 0.3) is 0 Å². The van der Waals surface area contributed by atoms with Crippen LogP contribution in [0.5, 0.6) is 0 Å². The summed E-state index contributed by atoms with van der Waals surface area (Å²) in [5.74, 6) is 0. The van der Waals surface area contributed by atoms with E-state index in [1.807, 2.05) is 0 Å². The number of hydroxylamine groups is 1. The van der Waals surface area contributed by atoms with Crippen LogP contribution in [-0.2, 0) is 6.18 Å². The van der Waals surface area contributed by atoms with Crippen LogP contribution in [0.3, 0.4) is 0 Å². The molecule has 0 fully saturated rings. The molecule has 0 saturated carbocycles. The van der Waals surface area contributed by atoms with E-state index in [-0.39, 0.29) is 11.1 Å². The van der Waals surface area contributed by atoms with Crippen molar-refractivity contribution in [3.05, 3.63) is 23.8 Å². The SMILES string of the molecule is ONC1CC=Nc2cc(C(F)(F)F)ccc2S1. The fourth-order valence-corrected chi connectivity index (χ4v) is 2.34. The first-order valence-corrected chi connectivity index (χ1v) is 5.69. The smallest absolute Gasteiger partial charge is 0.316 e. The van der Waals surface area contributed by atoms with E-state index in [4.69, 9.17) is 5.21 Å². The molecule has 1 atom stereocenters. The second kappa shape index (κ2) is 4.67. The Labute approximate surface area is 99.7 Å². The minimum atomic E-state index is -4.36. The van der Waals surface area contributed by atoms with Gasteiger partial charge >= 0.3 is 6.18 Å². The maximum absolute atomic E-state index is 12.5. The largest absolute Gasteiger partial charge is 0.416 e. The number of rotatable bonds is 1. The van der Waals surface area contributed by atoms with Crippen LogP contribution in [0.15, 0.2) is 28.1 Å². The molecule has 0 radical (unpaired) electrons.